The van der Waals surface area contributed by atoms with Crippen molar-refractivity contribution in [2.24, 2.45) is 11.8 Å². The molecule has 0 aliphatic carbocycles. The molecular weight excluding hydrogens is 522 g/mol. The first-order valence-corrected chi connectivity index (χ1v) is 14.3. The van der Waals surface area contributed by atoms with Crippen molar-refractivity contribution in [1.82, 2.24) is 5.32 Å². The molecule has 0 aromatic heterocycles. The fourth-order valence-electron chi connectivity index (χ4n) is 4.91. The van der Waals surface area contributed by atoms with Crippen LogP contribution in [0, 0.1) is 11.8 Å². The van der Waals surface area contributed by atoms with Crippen LogP contribution in [0.2, 0.25) is 0 Å². The standard InChI is InChI=1S/C33H45NO7/c1-22(2)26(17-25-13-14-29(38-6)31(18-25)39-16-10-15-37-5)19-28(30-20-27(23(3)4)32(35)41-30)34-33(36)40-21-24-11-8-7-9-12-24/h7-9,11-14,18,23,27-28,30H,10,15-17,19-21H2,1-6H3,(H,34,36)/t27-,28-,30?/m0/s1. The number of amides is 1. The summed E-state index contributed by atoms with van der Waals surface area (Å²) in [6, 6.07) is 15.0. The van der Waals surface area contributed by atoms with Crippen molar-refractivity contribution in [2.75, 3.05) is 27.4 Å². The van der Waals surface area contributed by atoms with Crippen LogP contribution < -0.4 is 14.8 Å². The van der Waals surface area contributed by atoms with E-state index in [-0.39, 0.29) is 24.4 Å². The van der Waals surface area contributed by atoms with Gasteiger partial charge in [0.1, 0.15) is 12.7 Å². The van der Waals surface area contributed by atoms with Crippen molar-refractivity contribution >= 4 is 12.1 Å². The summed E-state index contributed by atoms with van der Waals surface area (Å²) in [6.07, 6.45) is 1.51. The Morgan fingerprint density at radius 3 is 2.41 bits per heavy atom. The number of esters is 1. The summed E-state index contributed by atoms with van der Waals surface area (Å²) in [6.45, 7) is 9.45. The Morgan fingerprint density at radius 2 is 1.78 bits per heavy atom. The lowest BCUT2D eigenvalue weighted by Gasteiger charge is -2.26. The van der Waals surface area contributed by atoms with Crippen LogP contribution in [0.5, 0.6) is 11.5 Å². The third-order valence-corrected chi connectivity index (χ3v) is 7.40. The normalized spacial score (nSPS) is 17.1. The Bertz CT molecular complexity index is 1160. The Morgan fingerprint density at radius 1 is 1.02 bits per heavy atom. The highest BCUT2D eigenvalue weighted by atomic mass is 16.6. The number of rotatable bonds is 15. The number of ether oxygens (including phenoxy) is 5. The molecule has 1 unspecified atom stereocenters. The van der Waals surface area contributed by atoms with Crippen molar-refractivity contribution in [1.29, 1.82) is 0 Å². The largest absolute Gasteiger partial charge is 0.493 e. The summed E-state index contributed by atoms with van der Waals surface area (Å²) in [5.74, 6) is 1.10. The molecule has 224 valence electrons. The SMILES string of the molecule is COCCCOc1cc(CC(C[C@H](NC(=O)OCc2ccccc2)C2C[C@@H](C(C)C)C(=O)O2)=C(C)C)ccc1OC. The molecule has 0 radical (unpaired) electrons. The average Bonchev–Trinajstić information content (AvgIpc) is 3.36. The van der Waals surface area contributed by atoms with Crippen molar-refractivity contribution in [3.8, 4) is 11.5 Å². The van der Waals surface area contributed by atoms with Gasteiger partial charge in [-0.05, 0) is 62.3 Å². The van der Waals surface area contributed by atoms with Crippen LogP contribution in [0.15, 0.2) is 59.7 Å². The third kappa shape index (κ3) is 9.81. The van der Waals surface area contributed by atoms with E-state index in [1.807, 2.05) is 62.4 Å². The molecule has 1 saturated heterocycles. The number of methoxy groups -OCH3 is 2. The van der Waals surface area contributed by atoms with Gasteiger partial charge in [0, 0.05) is 20.1 Å². The average molecular weight is 568 g/mol. The second-order valence-corrected chi connectivity index (χ2v) is 11.0. The van der Waals surface area contributed by atoms with Crippen molar-refractivity contribution < 1.29 is 33.3 Å². The zero-order chi connectivity index (χ0) is 29.8. The fraction of sp³-hybridized carbons (Fsp3) is 0.515. The first-order valence-electron chi connectivity index (χ1n) is 14.3. The number of benzene rings is 2. The van der Waals surface area contributed by atoms with Crippen molar-refractivity contribution in [2.45, 2.75) is 72.1 Å². The summed E-state index contributed by atoms with van der Waals surface area (Å²) in [5.41, 5.74) is 4.23. The Labute approximate surface area is 244 Å². The molecular formula is C33H45NO7. The number of cyclic esters (lactones) is 1. The van der Waals surface area contributed by atoms with Gasteiger partial charge in [0.2, 0.25) is 0 Å². The first kappa shape index (κ1) is 32.0. The van der Waals surface area contributed by atoms with Crippen molar-refractivity contribution in [3.63, 3.8) is 0 Å². The van der Waals surface area contributed by atoms with Crippen LogP contribution in [-0.2, 0) is 32.0 Å². The molecule has 2 aromatic rings. The summed E-state index contributed by atoms with van der Waals surface area (Å²) >= 11 is 0. The minimum absolute atomic E-state index is 0.155. The molecule has 0 saturated carbocycles. The summed E-state index contributed by atoms with van der Waals surface area (Å²) < 4.78 is 28.0. The maximum atomic E-state index is 12.9. The predicted molar refractivity (Wildman–Crippen MR) is 158 cm³/mol. The molecule has 1 amide bonds. The van der Waals surface area contributed by atoms with Crippen LogP contribution in [0.25, 0.3) is 0 Å². The Balaban J connectivity index is 1.77. The highest BCUT2D eigenvalue weighted by Crippen LogP contribution is 2.33. The number of alkyl carbamates (subject to hydrolysis) is 1. The van der Waals surface area contributed by atoms with Gasteiger partial charge in [-0.1, -0.05) is 61.4 Å². The van der Waals surface area contributed by atoms with Crippen LogP contribution in [0.1, 0.15) is 58.1 Å². The monoisotopic (exact) mass is 567 g/mol. The minimum Gasteiger partial charge on any atom is -0.493 e. The molecule has 0 spiro atoms. The maximum Gasteiger partial charge on any atom is 0.407 e. The molecule has 1 fully saturated rings. The predicted octanol–water partition coefficient (Wildman–Crippen LogP) is 6.26. The molecule has 1 heterocycles. The van der Waals surface area contributed by atoms with Crippen LogP contribution >= 0.6 is 0 Å². The molecule has 1 aliphatic rings. The maximum absolute atomic E-state index is 12.9. The van der Waals surface area contributed by atoms with E-state index in [0.717, 1.165) is 28.7 Å². The van der Waals surface area contributed by atoms with Gasteiger partial charge in [0.05, 0.1) is 25.7 Å². The third-order valence-electron chi connectivity index (χ3n) is 7.40. The lowest BCUT2D eigenvalue weighted by molar-refractivity contribution is -0.146. The Hall–Kier alpha value is -3.52. The molecule has 41 heavy (non-hydrogen) atoms. The van der Waals surface area contributed by atoms with Gasteiger partial charge in [0.15, 0.2) is 11.5 Å². The number of allylic oxidation sites excluding steroid dienone is 1. The smallest absolute Gasteiger partial charge is 0.407 e. The number of carbonyl (C=O) groups excluding carboxylic acids is 2. The molecule has 8 heteroatoms. The molecule has 2 aromatic carbocycles. The highest BCUT2D eigenvalue weighted by Gasteiger charge is 2.41. The Kier molecular flexibility index (Phi) is 12.5. The van der Waals surface area contributed by atoms with Gasteiger partial charge in [-0.2, -0.15) is 0 Å². The topological polar surface area (TPSA) is 92.3 Å². The lowest BCUT2D eigenvalue weighted by atomic mass is 9.87. The van der Waals surface area contributed by atoms with Crippen LogP contribution in [0.3, 0.4) is 0 Å². The van der Waals surface area contributed by atoms with Crippen LogP contribution in [-0.4, -0.2) is 51.6 Å². The number of hydrogen-bond donors (Lipinski definition) is 1. The second-order valence-electron chi connectivity index (χ2n) is 11.0. The van der Waals surface area contributed by atoms with E-state index >= 15 is 0 Å². The quantitative estimate of drug-likeness (QED) is 0.154. The van der Waals surface area contributed by atoms with Gasteiger partial charge >= 0.3 is 12.1 Å². The van der Waals surface area contributed by atoms with Gasteiger partial charge in [-0.15, -0.1) is 0 Å². The van der Waals surface area contributed by atoms with Gasteiger partial charge in [0.25, 0.3) is 0 Å². The highest BCUT2D eigenvalue weighted by molar-refractivity contribution is 5.75. The molecule has 0 bridgehead atoms. The summed E-state index contributed by atoms with van der Waals surface area (Å²) in [4.78, 5) is 25.6. The molecule has 3 atom stereocenters. The minimum atomic E-state index is -0.535. The van der Waals surface area contributed by atoms with Gasteiger partial charge in [-0.3, -0.25) is 4.79 Å². The van der Waals surface area contributed by atoms with E-state index in [0.29, 0.717) is 44.0 Å². The summed E-state index contributed by atoms with van der Waals surface area (Å²) in [7, 11) is 3.29. The summed E-state index contributed by atoms with van der Waals surface area (Å²) in [5, 5.41) is 3.02. The van der Waals surface area contributed by atoms with Gasteiger partial charge < -0.3 is 29.0 Å². The van der Waals surface area contributed by atoms with Crippen molar-refractivity contribution in [3.05, 3.63) is 70.8 Å². The van der Waals surface area contributed by atoms with E-state index in [1.165, 1.54) is 0 Å². The second kappa shape index (κ2) is 16.1. The molecule has 8 nitrogen and oxygen atoms in total. The number of carbonyl (C=O) groups is 2. The zero-order valence-electron chi connectivity index (χ0n) is 25.2. The van der Waals surface area contributed by atoms with E-state index in [1.54, 1.807) is 14.2 Å². The van der Waals surface area contributed by atoms with Crippen LogP contribution in [0.4, 0.5) is 4.79 Å². The zero-order valence-corrected chi connectivity index (χ0v) is 25.2. The first-order chi connectivity index (χ1) is 19.7. The van der Waals surface area contributed by atoms with E-state index < -0.39 is 18.2 Å². The number of nitrogens with one attached hydrogen (secondary N) is 1. The van der Waals surface area contributed by atoms with E-state index in [4.69, 9.17) is 23.7 Å². The number of hydrogen-bond acceptors (Lipinski definition) is 7. The van der Waals surface area contributed by atoms with E-state index in [2.05, 4.69) is 19.2 Å². The molecule has 3 rings (SSSR count). The lowest BCUT2D eigenvalue weighted by Crippen LogP contribution is -2.44. The van der Waals surface area contributed by atoms with E-state index in [9.17, 15) is 9.59 Å². The van der Waals surface area contributed by atoms with Gasteiger partial charge in [-0.25, -0.2) is 4.79 Å². The fourth-order valence-corrected chi connectivity index (χ4v) is 4.91. The molecule has 1 N–H and O–H groups in total. The molecule has 1 aliphatic heterocycles.